The van der Waals surface area contributed by atoms with Crippen molar-refractivity contribution in [2.45, 2.75) is 39.7 Å². The summed E-state index contributed by atoms with van der Waals surface area (Å²) in [6.45, 7) is 5.94. The molecule has 0 bridgehead atoms. The van der Waals surface area contributed by atoms with Crippen molar-refractivity contribution in [3.8, 4) is 0 Å². The number of nitrogens with one attached hydrogen (secondary N) is 1. The van der Waals surface area contributed by atoms with Gasteiger partial charge < -0.3 is 5.32 Å². The molecule has 12 heavy (non-hydrogen) atoms. The predicted molar refractivity (Wildman–Crippen MR) is 49.8 cm³/mol. The summed E-state index contributed by atoms with van der Waals surface area (Å²) >= 11 is 0. The average molecular weight is 167 g/mol. The lowest BCUT2D eigenvalue weighted by atomic mass is 10.2. The van der Waals surface area contributed by atoms with E-state index in [0.29, 0.717) is 6.04 Å². The SMILES string of the molecule is CC(C)=CC(=O)NC(C)C1CC1. The van der Waals surface area contributed by atoms with Crippen molar-refractivity contribution in [3.63, 3.8) is 0 Å². The monoisotopic (exact) mass is 167 g/mol. The minimum Gasteiger partial charge on any atom is -0.350 e. The van der Waals surface area contributed by atoms with Crippen molar-refractivity contribution in [1.29, 1.82) is 0 Å². The maximum absolute atomic E-state index is 11.2. The second-order valence-corrected chi connectivity index (χ2v) is 3.86. The Morgan fingerprint density at radius 2 is 2.08 bits per heavy atom. The van der Waals surface area contributed by atoms with E-state index in [1.165, 1.54) is 12.8 Å². The first kappa shape index (κ1) is 9.30. The van der Waals surface area contributed by atoms with Gasteiger partial charge in [-0.25, -0.2) is 0 Å². The highest BCUT2D eigenvalue weighted by Gasteiger charge is 2.28. The Balaban J connectivity index is 2.29. The zero-order valence-electron chi connectivity index (χ0n) is 8.05. The van der Waals surface area contributed by atoms with Gasteiger partial charge in [0.25, 0.3) is 0 Å². The van der Waals surface area contributed by atoms with Crippen LogP contribution in [0.3, 0.4) is 0 Å². The molecule has 0 spiro atoms. The molecule has 0 aliphatic heterocycles. The Morgan fingerprint density at radius 1 is 1.50 bits per heavy atom. The van der Waals surface area contributed by atoms with Crippen molar-refractivity contribution < 1.29 is 4.79 Å². The molecule has 1 atom stereocenters. The van der Waals surface area contributed by atoms with E-state index < -0.39 is 0 Å². The van der Waals surface area contributed by atoms with Crippen LogP contribution in [0.2, 0.25) is 0 Å². The number of hydrogen-bond donors (Lipinski definition) is 1. The normalized spacial score (nSPS) is 18.2. The molecule has 2 heteroatoms. The maximum Gasteiger partial charge on any atom is 0.244 e. The van der Waals surface area contributed by atoms with Gasteiger partial charge in [0.15, 0.2) is 0 Å². The van der Waals surface area contributed by atoms with Crippen LogP contribution >= 0.6 is 0 Å². The van der Waals surface area contributed by atoms with Gasteiger partial charge in [0, 0.05) is 12.1 Å². The van der Waals surface area contributed by atoms with Crippen molar-refractivity contribution in [3.05, 3.63) is 11.6 Å². The van der Waals surface area contributed by atoms with Gasteiger partial charge >= 0.3 is 0 Å². The molecule has 1 aliphatic rings. The molecular formula is C10H17NO. The molecule has 0 saturated heterocycles. The van der Waals surface area contributed by atoms with Crippen LogP contribution in [-0.2, 0) is 4.79 Å². The fraction of sp³-hybridized carbons (Fsp3) is 0.700. The number of hydrogen-bond acceptors (Lipinski definition) is 1. The van der Waals surface area contributed by atoms with Gasteiger partial charge in [-0.15, -0.1) is 0 Å². The third kappa shape index (κ3) is 3.07. The van der Waals surface area contributed by atoms with E-state index in [1.54, 1.807) is 6.08 Å². The lowest BCUT2D eigenvalue weighted by Crippen LogP contribution is -2.32. The first-order chi connectivity index (χ1) is 5.59. The Hall–Kier alpha value is -0.790. The molecule has 68 valence electrons. The highest BCUT2D eigenvalue weighted by Crippen LogP contribution is 2.32. The third-order valence-corrected chi connectivity index (χ3v) is 2.12. The average Bonchev–Trinajstić information content (AvgIpc) is 2.63. The van der Waals surface area contributed by atoms with Crippen LogP contribution in [0.4, 0.5) is 0 Å². The quantitative estimate of drug-likeness (QED) is 0.639. The zero-order valence-corrected chi connectivity index (χ0v) is 8.05. The number of amides is 1. The van der Waals surface area contributed by atoms with E-state index in [2.05, 4.69) is 12.2 Å². The fourth-order valence-corrected chi connectivity index (χ4v) is 1.24. The van der Waals surface area contributed by atoms with Crippen molar-refractivity contribution in [2.75, 3.05) is 0 Å². The summed E-state index contributed by atoms with van der Waals surface area (Å²) in [5, 5.41) is 2.96. The Morgan fingerprint density at radius 3 is 2.50 bits per heavy atom. The highest BCUT2D eigenvalue weighted by atomic mass is 16.1. The molecule has 0 radical (unpaired) electrons. The molecule has 1 fully saturated rings. The van der Waals surface area contributed by atoms with Gasteiger partial charge in [0.05, 0.1) is 0 Å². The van der Waals surface area contributed by atoms with Crippen LogP contribution < -0.4 is 5.32 Å². The first-order valence-electron chi connectivity index (χ1n) is 4.55. The van der Waals surface area contributed by atoms with E-state index in [4.69, 9.17) is 0 Å². The van der Waals surface area contributed by atoms with Gasteiger partial charge in [-0.1, -0.05) is 5.57 Å². The standard InChI is InChI=1S/C10H17NO/c1-7(2)6-10(12)11-8(3)9-4-5-9/h6,8-9H,4-5H2,1-3H3,(H,11,12). The molecular weight excluding hydrogens is 150 g/mol. The summed E-state index contributed by atoms with van der Waals surface area (Å²) in [7, 11) is 0. The molecule has 0 aromatic carbocycles. The molecule has 1 rings (SSSR count). The lowest BCUT2D eigenvalue weighted by molar-refractivity contribution is -0.117. The maximum atomic E-state index is 11.2. The second-order valence-electron chi connectivity index (χ2n) is 3.86. The van der Waals surface area contributed by atoms with E-state index in [9.17, 15) is 4.79 Å². The van der Waals surface area contributed by atoms with Crippen LogP contribution in [0.15, 0.2) is 11.6 Å². The number of allylic oxidation sites excluding steroid dienone is 1. The largest absolute Gasteiger partial charge is 0.350 e. The van der Waals surface area contributed by atoms with E-state index in [0.717, 1.165) is 11.5 Å². The summed E-state index contributed by atoms with van der Waals surface area (Å²) in [6, 6.07) is 0.355. The molecule has 1 saturated carbocycles. The van der Waals surface area contributed by atoms with Crippen molar-refractivity contribution in [2.24, 2.45) is 5.92 Å². The van der Waals surface area contributed by atoms with Crippen LogP contribution in [-0.4, -0.2) is 11.9 Å². The lowest BCUT2D eigenvalue weighted by Gasteiger charge is -2.10. The van der Waals surface area contributed by atoms with E-state index in [-0.39, 0.29) is 5.91 Å². The Kier molecular flexibility index (Phi) is 2.90. The third-order valence-electron chi connectivity index (χ3n) is 2.12. The smallest absolute Gasteiger partial charge is 0.244 e. The van der Waals surface area contributed by atoms with Crippen LogP contribution in [0, 0.1) is 5.92 Å². The van der Waals surface area contributed by atoms with E-state index in [1.807, 2.05) is 13.8 Å². The van der Waals surface area contributed by atoms with Gasteiger partial charge in [-0.2, -0.15) is 0 Å². The summed E-state index contributed by atoms with van der Waals surface area (Å²) < 4.78 is 0. The number of rotatable bonds is 3. The molecule has 0 aromatic rings. The summed E-state index contributed by atoms with van der Waals surface area (Å²) in [4.78, 5) is 11.2. The summed E-state index contributed by atoms with van der Waals surface area (Å²) in [5.41, 5.74) is 1.05. The van der Waals surface area contributed by atoms with Crippen LogP contribution in [0.5, 0.6) is 0 Å². The predicted octanol–water partition coefficient (Wildman–Crippen LogP) is 1.87. The minimum atomic E-state index is 0.0504. The molecule has 0 aromatic heterocycles. The summed E-state index contributed by atoms with van der Waals surface area (Å²) in [5.74, 6) is 0.786. The molecule has 1 N–H and O–H groups in total. The van der Waals surface area contributed by atoms with Crippen molar-refractivity contribution >= 4 is 5.91 Å². The molecule has 1 unspecified atom stereocenters. The van der Waals surface area contributed by atoms with Crippen molar-refractivity contribution in [1.82, 2.24) is 5.32 Å². The first-order valence-corrected chi connectivity index (χ1v) is 4.55. The number of carbonyl (C=O) groups excluding carboxylic acids is 1. The zero-order chi connectivity index (χ0) is 9.14. The topological polar surface area (TPSA) is 29.1 Å². The number of carbonyl (C=O) groups is 1. The van der Waals surface area contributed by atoms with Gasteiger partial charge in [0.2, 0.25) is 5.91 Å². The fourth-order valence-electron chi connectivity index (χ4n) is 1.24. The van der Waals surface area contributed by atoms with Gasteiger partial charge in [0.1, 0.15) is 0 Å². The van der Waals surface area contributed by atoms with Gasteiger partial charge in [-0.3, -0.25) is 4.79 Å². The summed E-state index contributed by atoms with van der Waals surface area (Å²) in [6.07, 6.45) is 4.20. The second kappa shape index (κ2) is 3.74. The minimum absolute atomic E-state index is 0.0504. The Bertz CT molecular complexity index is 200. The Labute approximate surface area is 74.0 Å². The molecule has 2 nitrogen and oxygen atoms in total. The van der Waals surface area contributed by atoms with Gasteiger partial charge in [-0.05, 0) is 39.5 Å². The van der Waals surface area contributed by atoms with E-state index >= 15 is 0 Å². The van der Waals surface area contributed by atoms with Crippen LogP contribution in [0.1, 0.15) is 33.6 Å². The molecule has 1 amide bonds. The van der Waals surface area contributed by atoms with Crippen LogP contribution in [0.25, 0.3) is 0 Å². The molecule has 1 aliphatic carbocycles. The highest BCUT2D eigenvalue weighted by molar-refractivity contribution is 5.88. The molecule has 0 heterocycles.